The van der Waals surface area contributed by atoms with Crippen molar-refractivity contribution in [2.75, 3.05) is 6.54 Å². The van der Waals surface area contributed by atoms with Gasteiger partial charge in [-0.3, -0.25) is 19.4 Å². The predicted molar refractivity (Wildman–Crippen MR) is 110 cm³/mol. The Balaban J connectivity index is 1.65. The number of amides is 2. The number of nitrogens with one attached hydrogen (secondary N) is 2. The second-order valence-corrected chi connectivity index (χ2v) is 7.94. The monoisotopic (exact) mass is 429 g/mol. The van der Waals surface area contributed by atoms with Gasteiger partial charge in [0.25, 0.3) is 5.91 Å². The summed E-state index contributed by atoms with van der Waals surface area (Å²) in [7, 11) is 0. The van der Waals surface area contributed by atoms with Crippen LogP contribution in [0.2, 0.25) is 0 Å². The maximum Gasteiger partial charge on any atom is 0.408 e. The van der Waals surface area contributed by atoms with Crippen molar-refractivity contribution in [2.24, 2.45) is 5.92 Å². The molecule has 0 bridgehead atoms. The summed E-state index contributed by atoms with van der Waals surface area (Å²) in [5.41, 5.74) is 2.38. The number of ketones is 2. The number of ether oxygens (including phenoxy) is 1. The summed E-state index contributed by atoms with van der Waals surface area (Å²) in [4.78, 5) is 54.0. The lowest BCUT2D eigenvalue weighted by Gasteiger charge is -2.21. The summed E-state index contributed by atoms with van der Waals surface area (Å²) in [5, 5.41) is 5.14. The zero-order valence-electron chi connectivity index (χ0n) is 16.3. The van der Waals surface area contributed by atoms with Gasteiger partial charge in [0.15, 0.2) is 5.78 Å². The summed E-state index contributed by atoms with van der Waals surface area (Å²) in [6, 6.07) is 8.20. The van der Waals surface area contributed by atoms with Gasteiger partial charge < -0.3 is 15.4 Å². The van der Waals surface area contributed by atoms with Gasteiger partial charge >= 0.3 is 6.09 Å². The molecule has 158 valence electrons. The van der Waals surface area contributed by atoms with Gasteiger partial charge in [-0.25, -0.2) is 4.79 Å². The third-order valence-corrected chi connectivity index (χ3v) is 5.68. The molecule has 1 aromatic heterocycles. The maximum atomic E-state index is 13.0. The van der Waals surface area contributed by atoms with Crippen LogP contribution in [0, 0.1) is 5.92 Å². The van der Waals surface area contributed by atoms with Gasteiger partial charge in [-0.2, -0.15) is 0 Å². The van der Waals surface area contributed by atoms with E-state index in [1.807, 2.05) is 30.3 Å². The molecule has 1 fully saturated rings. The predicted octanol–water partition coefficient (Wildman–Crippen LogP) is 2.56. The van der Waals surface area contributed by atoms with Crippen molar-refractivity contribution in [1.82, 2.24) is 15.6 Å². The van der Waals surface area contributed by atoms with Crippen LogP contribution in [-0.2, 0) is 25.7 Å². The van der Waals surface area contributed by atoms with Crippen molar-refractivity contribution < 1.29 is 23.9 Å². The highest BCUT2D eigenvalue weighted by atomic mass is 32.1. The minimum absolute atomic E-state index is 0.0670. The molecule has 1 aliphatic rings. The maximum absolute atomic E-state index is 13.0. The highest BCUT2D eigenvalue weighted by Gasteiger charge is 2.32. The normalized spacial score (nSPS) is 17.9. The molecule has 1 saturated heterocycles. The van der Waals surface area contributed by atoms with Crippen LogP contribution in [0.15, 0.2) is 42.0 Å². The number of carbonyl (C=O) groups is 4. The molecule has 0 aliphatic carbocycles. The van der Waals surface area contributed by atoms with E-state index in [1.165, 1.54) is 17.5 Å². The van der Waals surface area contributed by atoms with Gasteiger partial charge in [0, 0.05) is 25.1 Å². The molecule has 0 radical (unpaired) electrons. The van der Waals surface area contributed by atoms with Gasteiger partial charge in [0.05, 0.1) is 10.4 Å². The molecule has 2 N–H and O–H groups in total. The lowest BCUT2D eigenvalue weighted by atomic mass is 9.88. The zero-order chi connectivity index (χ0) is 21.3. The quantitative estimate of drug-likeness (QED) is 0.654. The van der Waals surface area contributed by atoms with Gasteiger partial charge in [-0.05, 0) is 18.4 Å². The van der Waals surface area contributed by atoms with Crippen LogP contribution in [0.1, 0.15) is 42.2 Å². The summed E-state index contributed by atoms with van der Waals surface area (Å²) in [6.07, 6.45) is 2.58. The van der Waals surface area contributed by atoms with Crippen LogP contribution >= 0.6 is 11.3 Å². The van der Waals surface area contributed by atoms with Gasteiger partial charge in [0.1, 0.15) is 12.6 Å². The first kappa shape index (κ1) is 21.6. The zero-order valence-corrected chi connectivity index (χ0v) is 17.2. The van der Waals surface area contributed by atoms with Gasteiger partial charge in [-0.1, -0.05) is 36.8 Å². The first-order chi connectivity index (χ1) is 14.5. The summed E-state index contributed by atoms with van der Waals surface area (Å²) in [6.45, 7) is 0.529. The summed E-state index contributed by atoms with van der Waals surface area (Å²) in [5.74, 6) is -2.30. The Hall–Kier alpha value is -3.07. The van der Waals surface area contributed by atoms with E-state index in [2.05, 4.69) is 15.6 Å². The molecule has 8 nitrogen and oxygen atoms in total. The minimum Gasteiger partial charge on any atom is -0.445 e. The van der Waals surface area contributed by atoms with E-state index in [-0.39, 0.29) is 18.8 Å². The molecule has 30 heavy (non-hydrogen) atoms. The topological polar surface area (TPSA) is 114 Å². The Bertz CT molecular complexity index is 885. The Labute approximate surface area is 178 Å². The molecule has 1 aliphatic heterocycles. The number of nitrogens with zero attached hydrogens (tertiary/aromatic N) is 1. The van der Waals surface area contributed by atoms with Crippen LogP contribution < -0.4 is 10.6 Å². The molecule has 9 heteroatoms. The van der Waals surface area contributed by atoms with E-state index in [0.29, 0.717) is 17.8 Å². The van der Waals surface area contributed by atoms with Crippen LogP contribution in [0.4, 0.5) is 4.79 Å². The van der Waals surface area contributed by atoms with E-state index >= 15 is 0 Å². The van der Waals surface area contributed by atoms with Gasteiger partial charge in [0.2, 0.25) is 5.78 Å². The number of carbonyl (C=O) groups excluding carboxylic acids is 4. The fraction of sp³-hybridized carbons (Fsp3) is 0.381. The molecule has 2 heterocycles. The standard InChI is InChI=1S/C21H23N3O5S/c25-16(10-15-8-4-5-9-23-20(27)19(15)26)18(17-11-22-13-30-17)24-21(28)29-12-14-6-2-1-3-7-14/h1-3,6-7,11,13,15,18H,4-5,8-10,12H2,(H,23,27)(H,24,28). The lowest BCUT2D eigenvalue weighted by molar-refractivity contribution is -0.141. The van der Waals surface area contributed by atoms with Crippen LogP contribution in [0.3, 0.4) is 0 Å². The third kappa shape index (κ3) is 5.96. The minimum atomic E-state index is -0.984. The van der Waals surface area contributed by atoms with Crippen LogP contribution in [0.5, 0.6) is 0 Å². The number of benzene rings is 1. The molecule has 1 aromatic carbocycles. The van der Waals surface area contributed by atoms with Crippen molar-refractivity contribution in [1.29, 1.82) is 0 Å². The highest BCUT2D eigenvalue weighted by Crippen LogP contribution is 2.24. The van der Waals surface area contributed by atoms with Crippen molar-refractivity contribution in [3.63, 3.8) is 0 Å². The highest BCUT2D eigenvalue weighted by molar-refractivity contribution is 7.09. The first-order valence-corrected chi connectivity index (χ1v) is 10.6. The van der Waals surface area contributed by atoms with Crippen molar-refractivity contribution in [3.05, 3.63) is 52.5 Å². The van der Waals surface area contributed by atoms with Crippen molar-refractivity contribution in [3.8, 4) is 0 Å². The Morgan fingerprint density at radius 1 is 1.23 bits per heavy atom. The van der Waals surface area contributed by atoms with Crippen LogP contribution in [-0.4, -0.2) is 35.1 Å². The largest absolute Gasteiger partial charge is 0.445 e. The molecule has 2 atom stereocenters. The first-order valence-electron chi connectivity index (χ1n) is 9.75. The molecule has 0 saturated carbocycles. The number of Topliss-reactive ketones (excluding diaryl/α,β-unsaturated/α-hetero) is 2. The number of alkyl carbamates (subject to hydrolysis) is 1. The molecular weight excluding hydrogens is 406 g/mol. The second kappa shape index (κ2) is 10.6. The number of aromatic nitrogens is 1. The molecule has 2 aromatic rings. The number of rotatable bonds is 7. The molecule has 3 rings (SSSR count). The Morgan fingerprint density at radius 3 is 2.77 bits per heavy atom. The number of hydrogen-bond acceptors (Lipinski definition) is 7. The molecule has 2 unspecified atom stereocenters. The smallest absolute Gasteiger partial charge is 0.408 e. The molecule has 2 amide bonds. The summed E-state index contributed by atoms with van der Waals surface area (Å²) < 4.78 is 5.22. The lowest BCUT2D eigenvalue weighted by Crippen LogP contribution is -2.40. The average Bonchev–Trinajstić information content (AvgIpc) is 3.28. The van der Waals surface area contributed by atoms with E-state index in [1.54, 1.807) is 5.51 Å². The third-order valence-electron chi connectivity index (χ3n) is 4.84. The van der Waals surface area contributed by atoms with E-state index in [9.17, 15) is 19.2 Å². The van der Waals surface area contributed by atoms with E-state index < -0.39 is 29.7 Å². The van der Waals surface area contributed by atoms with Crippen LogP contribution in [0.25, 0.3) is 0 Å². The van der Waals surface area contributed by atoms with Crippen molar-refractivity contribution in [2.45, 2.75) is 38.3 Å². The van der Waals surface area contributed by atoms with E-state index in [4.69, 9.17) is 4.74 Å². The summed E-state index contributed by atoms with van der Waals surface area (Å²) >= 11 is 1.22. The Morgan fingerprint density at radius 2 is 2.03 bits per heavy atom. The van der Waals surface area contributed by atoms with E-state index in [0.717, 1.165) is 18.4 Å². The van der Waals surface area contributed by atoms with Crippen molar-refractivity contribution >= 4 is 34.9 Å². The van der Waals surface area contributed by atoms with Gasteiger partial charge in [-0.15, -0.1) is 11.3 Å². The number of hydrogen-bond donors (Lipinski definition) is 2. The second-order valence-electron chi connectivity index (χ2n) is 7.03. The Kier molecular flexibility index (Phi) is 7.67. The average molecular weight is 429 g/mol. The fourth-order valence-corrected chi connectivity index (χ4v) is 3.93. The SMILES string of the molecule is O=C(NC(C(=O)CC1CCCCNC(=O)C1=O)c1cncs1)OCc1ccccc1. The number of thiazole rings is 1. The fourth-order valence-electron chi connectivity index (χ4n) is 3.24. The molecule has 0 spiro atoms. The molecular formula is C21H23N3O5S.